The van der Waals surface area contributed by atoms with Gasteiger partial charge < -0.3 is 4.74 Å². The minimum atomic E-state index is -0.603. The zero-order valence-corrected chi connectivity index (χ0v) is 14.7. The van der Waals surface area contributed by atoms with E-state index in [1.165, 1.54) is 16.9 Å². The fourth-order valence-electron chi connectivity index (χ4n) is 1.69. The minimum absolute atomic E-state index is 0.234. The van der Waals surface area contributed by atoms with E-state index in [9.17, 15) is 4.79 Å². The fraction of sp³-hybridized carbons (Fsp3) is 0.400. The Hall–Kier alpha value is -1.60. The number of aryl methyl sites for hydroxylation is 2. The number of nitrogens with one attached hydrogen (secondary N) is 1. The quantitative estimate of drug-likeness (QED) is 0.643. The lowest BCUT2D eigenvalue weighted by Crippen LogP contribution is -2.30. The molecule has 0 radical (unpaired) electrons. The first-order valence-electron chi connectivity index (χ1n) is 7.00. The van der Waals surface area contributed by atoms with Gasteiger partial charge in [0.05, 0.1) is 0 Å². The summed E-state index contributed by atoms with van der Waals surface area (Å²) in [5.41, 5.74) is 2.33. The van der Waals surface area contributed by atoms with Crippen LogP contribution in [0.1, 0.15) is 25.0 Å². The SMILES string of the molecule is CCSc1nnc(NC(=O)[C@H](C)Oc2ccc(C)c(C)c2)s1. The molecule has 7 heteroatoms. The van der Waals surface area contributed by atoms with Crippen LogP contribution in [0, 0.1) is 13.8 Å². The summed E-state index contributed by atoms with van der Waals surface area (Å²) < 4.78 is 6.53. The van der Waals surface area contributed by atoms with Gasteiger partial charge in [0.15, 0.2) is 10.4 Å². The standard InChI is InChI=1S/C15H19N3O2S2/c1-5-21-15-18-17-14(22-15)16-13(19)11(4)20-12-7-6-9(2)10(3)8-12/h6-8,11H,5H2,1-4H3,(H,16,17,19)/t11-/m0/s1. The van der Waals surface area contributed by atoms with Gasteiger partial charge in [-0.3, -0.25) is 10.1 Å². The Bertz CT molecular complexity index is 658. The number of benzene rings is 1. The average Bonchev–Trinajstić information content (AvgIpc) is 2.90. The van der Waals surface area contributed by atoms with E-state index in [0.29, 0.717) is 10.9 Å². The van der Waals surface area contributed by atoms with E-state index < -0.39 is 6.10 Å². The molecule has 0 saturated heterocycles. The van der Waals surface area contributed by atoms with Crippen LogP contribution in [0.25, 0.3) is 0 Å². The number of hydrogen-bond donors (Lipinski definition) is 1. The summed E-state index contributed by atoms with van der Waals surface area (Å²) in [7, 11) is 0. The summed E-state index contributed by atoms with van der Waals surface area (Å²) in [6, 6.07) is 5.78. The lowest BCUT2D eigenvalue weighted by molar-refractivity contribution is -0.122. The molecule has 0 aliphatic rings. The molecule has 2 aromatic rings. The molecule has 0 unspecified atom stereocenters. The van der Waals surface area contributed by atoms with Gasteiger partial charge in [-0.25, -0.2) is 0 Å². The summed E-state index contributed by atoms with van der Waals surface area (Å²) in [5, 5.41) is 11.2. The van der Waals surface area contributed by atoms with Crippen LogP contribution in [0.15, 0.2) is 22.5 Å². The first-order valence-corrected chi connectivity index (χ1v) is 8.81. The third kappa shape index (κ3) is 4.45. The number of amides is 1. The van der Waals surface area contributed by atoms with Gasteiger partial charge in [0, 0.05) is 0 Å². The Morgan fingerprint density at radius 3 is 2.82 bits per heavy atom. The second-order valence-electron chi connectivity index (χ2n) is 4.80. The van der Waals surface area contributed by atoms with Crippen molar-refractivity contribution < 1.29 is 9.53 Å². The molecule has 1 heterocycles. The van der Waals surface area contributed by atoms with Gasteiger partial charge in [-0.2, -0.15) is 0 Å². The molecular weight excluding hydrogens is 318 g/mol. The number of rotatable bonds is 6. The van der Waals surface area contributed by atoms with Crippen molar-refractivity contribution in [1.29, 1.82) is 0 Å². The number of carbonyl (C=O) groups excluding carboxylic acids is 1. The number of carbonyl (C=O) groups is 1. The van der Waals surface area contributed by atoms with E-state index >= 15 is 0 Å². The summed E-state index contributed by atoms with van der Waals surface area (Å²) in [5.74, 6) is 1.38. The van der Waals surface area contributed by atoms with Gasteiger partial charge in [0.25, 0.3) is 5.91 Å². The van der Waals surface area contributed by atoms with E-state index in [-0.39, 0.29) is 5.91 Å². The highest BCUT2D eigenvalue weighted by Crippen LogP contribution is 2.25. The molecule has 118 valence electrons. The van der Waals surface area contributed by atoms with Crippen molar-refractivity contribution in [3.8, 4) is 5.75 Å². The first-order chi connectivity index (χ1) is 10.5. The van der Waals surface area contributed by atoms with Crippen molar-refractivity contribution in [2.75, 3.05) is 11.1 Å². The molecule has 0 bridgehead atoms. The maximum absolute atomic E-state index is 12.1. The molecule has 1 amide bonds. The highest BCUT2D eigenvalue weighted by Gasteiger charge is 2.17. The van der Waals surface area contributed by atoms with Crippen LogP contribution < -0.4 is 10.1 Å². The smallest absolute Gasteiger partial charge is 0.266 e. The zero-order valence-electron chi connectivity index (χ0n) is 13.0. The molecule has 0 aliphatic heterocycles. The molecule has 1 aromatic carbocycles. The van der Waals surface area contributed by atoms with Crippen molar-refractivity contribution in [2.45, 2.75) is 38.1 Å². The van der Waals surface area contributed by atoms with Gasteiger partial charge >= 0.3 is 0 Å². The molecule has 2 rings (SSSR count). The molecule has 1 atom stereocenters. The Labute approximate surface area is 138 Å². The maximum atomic E-state index is 12.1. The molecule has 0 spiro atoms. The summed E-state index contributed by atoms with van der Waals surface area (Å²) in [4.78, 5) is 12.1. The number of hydrogen-bond acceptors (Lipinski definition) is 6. The number of anilines is 1. The summed E-state index contributed by atoms with van der Waals surface area (Å²) in [6.07, 6.45) is -0.603. The molecule has 0 aliphatic carbocycles. The van der Waals surface area contributed by atoms with Gasteiger partial charge in [0.1, 0.15) is 5.75 Å². The number of thioether (sulfide) groups is 1. The van der Waals surface area contributed by atoms with E-state index in [1.54, 1.807) is 18.7 Å². The summed E-state index contributed by atoms with van der Waals surface area (Å²) in [6.45, 7) is 7.81. The molecule has 1 N–H and O–H groups in total. The van der Waals surface area contributed by atoms with Gasteiger partial charge in [-0.1, -0.05) is 36.1 Å². The van der Waals surface area contributed by atoms with Crippen molar-refractivity contribution >= 4 is 34.1 Å². The Balaban J connectivity index is 1.94. The lowest BCUT2D eigenvalue weighted by atomic mass is 10.1. The molecular formula is C15H19N3O2S2. The zero-order chi connectivity index (χ0) is 16.1. The van der Waals surface area contributed by atoms with Crippen LogP contribution in [-0.2, 0) is 4.79 Å². The van der Waals surface area contributed by atoms with Crippen molar-refractivity contribution in [1.82, 2.24) is 10.2 Å². The third-order valence-corrected chi connectivity index (χ3v) is 4.92. The number of ether oxygens (including phenoxy) is 1. The van der Waals surface area contributed by atoms with E-state index in [4.69, 9.17) is 4.74 Å². The van der Waals surface area contributed by atoms with Crippen LogP contribution in [0.3, 0.4) is 0 Å². The number of nitrogens with zero attached hydrogens (tertiary/aromatic N) is 2. The second kappa shape index (κ2) is 7.60. The van der Waals surface area contributed by atoms with Crippen LogP contribution in [-0.4, -0.2) is 28.0 Å². The van der Waals surface area contributed by atoms with E-state index in [2.05, 4.69) is 15.5 Å². The van der Waals surface area contributed by atoms with Crippen LogP contribution in [0.4, 0.5) is 5.13 Å². The monoisotopic (exact) mass is 337 g/mol. The number of aromatic nitrogens is 2. The highest BCUT2D eigenvalue weighted by molar-refractivity contribution is 8.01. The van der Waals surface area contributed by atoms with Gasteiger partial charge in [-0.05, 0) is 49.8 Å². The Morgan fingerprint density at radius 2 is 2.14 bits per heavy atom. The van der Waals surface area contributed by atoms with Crippen LogP contribution >= 0.6 is 23.1 Å². The second-order valence-corrected chi connectivity index (χ2v) is 7.29. The van der Waals surface area contributed by atoms with Crippen molar-refractivity contribution in [2.24, 2.45) is 0 Å². The van der Waals surface area contributed by atoms with E-state index in [0.717, 1.165) is 15.7 Å². The molecule has 0 fully saturated rings. The Kier molecular flexibility index (Phi) is 5.79. The molecule has 1 aromatic heterocycles. The predicted molar refractivity (Wildman–Crippen MR) is 90.9 cm³/mol. The molecule has 22 heavy (non-hydrogen) atoms. The van der Waals surface area contributed by atoms with Crippen molar-refractivity contribution in [3.63, 3.8) is 0 Å². The Morgan fingerprint density at radius 1 is 1.36 bits per heavy atom. The summed E-state index contributed by atoms with van der Waals surface area (Å²) >= 11 is 2.97. The first kappa shape index (κ1) is 16.8. The highest BCUT2D eigenvalue weighted by atomic mass is 32.2. The minimum Gasteiger partial charge on any atom is -0.481 e. The maximum Gasteiger partial charge on any atom is 0.266 e. The fourth-order valence-corrected chi connectivity index (χ4v) is 3.35. The van der Waals surface area contributed by atoms with E-state index in [1.807, 2.05) is 39.0 Å². The third-order valence-electron chi connectivity index (χ3n) is 3.06. The molecule has 5 nitrogen and oxygen atoms in total. The normalized spacial score (nSPS) is 12.0. The predicted octanol–water partition coefficient (Wildman–Crippen LogP) is 3.67. The molecule has 0 saturated carbocycles. The van der Waals surface area contributed by atoms with Gasteiger partial charge in [0.2, 0.25) is 5.13 Å². The average molecular weight is 337 g/mol. The van der Waals surface area contributed by atoms with Crippen LogP contribution in [0.2, 0.25) is 0 Å². The van der Waals surface area contributed by atoms with Crippen LogP contribution in [0.5, 0.6) is 5.75 Å². The van der Waals surface area contributed by atoms with Crippen molar-refractivity contribution in [3.05, 3.63) is 29.3 Å². The largest absolute Gasteiger partial charge is 0.481 e. The van der Waals surface area contributed by atoms with Gasteiger partial charge in [-0.15, -0.1) is 10.2 Å². The topological polar surface area (TPSA) is 64.1 Å². The lowest BCUT2D eigenvalue weighted by Gasteiger charge is -2.14.